The van der Waals surface area contributed by atoms with Crippen molar-refractivity contribution >= 4 is 15.9 Å². The molecule has 0 bridgehead atoms. The minimum absolute atomic E-state index is 0.148. The predicted molar refractivity (Wildman–Crippen MR) is 68.0 cm³/mol. The standard InChI is InChI=1S/C10H20N4O3S/c1-8(10(11)12-15)13-4-6-14(7-5-13)18(16,17)9-2-3-9/h8-9,15H,2-7H2,1H3,(H2,11,12). The van der Waals surface area contributed by atoms with E-state index in [0.717, 1.165) is 12.8 Å². The summed E-state index contributed by atoms with van der Waals surface area (Å²) in [6.45, 7) is 4.05. The molecule has 0 radical (unpaired) electrons. The van der Waals surface area contributed by atoms with E-state index in [0.29, 0.717) is 26.2 Å². The van der Waals surface area contributed by atoms with Gasteiger partial charge in [-0.1, -0.05) is 5.16 Å². The van der Waals surface area contributed by atoms with Crippen LogP contribution >= 0.6 is 0 Å². The lowest BCUT2D eigenvalue weighted by molar-refractivity contribution is 0.171. The van der Waals surface area contributed by atoms with Crippen molar-refractivity contribution in [2.45, 2.75) is 31.1 Å². The molecule has 1 saturated heterocycles. The Morgan fingerprint density at radius 3 is 2.33 bits per heavy atom. The fourth-order valence-corrected chi connectivity index (χ4v) is 4.02. The maximum absolute atomic E-state index is 12.0. The first-order chi connectivity index (χ1) is 8.46. The molecule has 0 aromatic carbocycles. The highest BCUT2D eigenvalue weighted by Gasteiger charge is 2.41. The molecule has 3 N–H and O–H groups in total. The van der Waals surface area contributed by atoms with Crippen molar-refractivity contribution in [3.8, 4) is 0 Å². The van der Waals surface area contributed by atoms with Crippen molar-refractivity contribution in [2.75, 3.05) is 26.2 Å². The van der Waals surface area contributed by atoms with E-state index in [1.807, 2.05) is 11.8 Å². The molecule has 0 aromatic rings. The third-order valence-corrected chi connectivity index (χ3v) is 6.07. The number of nitrogens with two attached hydrogens (primary N) is 1. The number of rotatable bonds is 4. The second-order valence-electron chi connectivity index (χ2n) is 4.88. The largest absolute Gasteiger partial charge is 0.409 e. The molecular formula is C10H20N4O3S. The van der Waals surface area contributed by atoms with Crippen LogP contribution in [0.3, 0.4) is 0 Å². The number of sulfonamides is 1. The minimum Gasteiger partial charge on any atom is -0.409 e. The molecule has 1 heterocycles. The number of nitrogens with zero attached hydrogens (tertiary/aromatic N) is 3. The molecule has 8 heteroatoms. The van der Waals surface area contributed by atoms with Gasteiger partial charge in [-0.15, -0.1) is 0 Å². The number of oxime groups is 1. The lowest BCUT2D eigenvalue weighted by Crippen LogP contribution is -2.54. The molecule has 18 heavy (non-hydrogen) atoms. The molecule has 2 aliphatic rings. The molecule has 1 unspecified atom stereocenters. The van der Waals surface area contributed by atoms with Gasteiger partial charge >= 0.3 is 0 Å². The molecule has 2 rings (SSSR count). The number of hydrogen-bond donors (Lipinski definition) is 2. The molecule has 1 aliphatic heterocycles. The average molecular weight is 276 g/mol. The van der Waals surface area contributed by atoms with Crippen molar-refractivity contribution in [1.29, 1.82) is 0 Å². The van der Waals surface area contributed by atoms with Crippen LogP contribution in [0.15, 0.2) is 5.16 Å². The molecule has 1 atom stereocenters. The smallest absolute Gasteiger partial charge is 0.217 e. The summed E-state index contributed by atoms with van der Waals surface area (Å²) < 4.78 is 25.6. The van der Waals surface area contributed by atoms with Crippen LogP contribution in [-0.4, -0.2) is 66.1 Å². The third-order valence-electron chi connectivity index (χ3n) is 3.67. The average Bonchev–Trinajstić information content (AvgIpc) is 3.21. The second kappa shape index (κ2) is 5.02. The molecular weight excluding hydrogens is 256 g/mol. The molecule has 0 amide bonds. The summed E-state index contributed by atoms with van der Waals surface area (Å²) >= 11 is 0. The monoisotopic (exact) mass is 276 g/mol. The molecule has 0 spiro atoms. The Morgan fingerprint density at radius 2 is 1.89 bits per heavy atom. The Hall–Kier alpha value is -0.860. The van der Waals surface area contributed by atoms with E-state index in [1.54, 1.807) is 4.31 Å². The summed E-state index contributed by atoms with van der Waals surface area (Å²) in [5.41, 5.74) is 5.55. The maximum atomic E-state index is 12.0. The van der Waals surface area contributed by atoms with Crippen molar-refractivity contribution in [3.63, 3.8) is 0 Å². The zero-order chi connectivity index (χ0) is 13.3. The normalized spacial score (nSPS) is 26.2. The topological polar surface area (TPSA) is 99.2 Å². The Balaban J connectivity index is 1.92. The zero-order valence-corrected chi connectivity index (χ0v) is 11.3. The minimum atomic E-state index is -3.07. The second-order valence-corrected chi connectivity index (χ2v) is 7.09. The Labute approximate surface area is 107 Å². The van der Waals surface area contributed by atoms with E-state index in [9.17, 15) is 8.42 Å². The van der Waals surface area contributed by atoms with Crippen LogP contribution in [0.5, 0.6) is 0 Å². The zero-order valence-electron chi connectivity index (χ0n) is 10.5. The fourth-order valence-electron chi connectivity index (χ4n) is 2.19. The fraction of sp³-hybridized carbons (Fsp3) is 0.900. The van der Waals surface area contributed by atoms with Gasteiger partial charge < -0.3 is 10.9 Å². The highest BCUT2D eigenvalue weighted by Crippen LogP contribution is 2.31. The van der Waals surface area contributed by atoms with E-state index in [4.69, 9.17) is 10.9 Å². The van der Waals surface area contributed by atoms with E-state index in [1.165, 1.54) is 0 Å². The van der Waals surface area contributed by atoms with Gasteiger partial charge in [-0.3, -0.25) is 4.90 Å². The van der Waals surface area contributed by atoms with E-state index in [-0.39, 0.29) is 17.1 Å². The van der Waals surface area contributed by atoms with Crippen LogP contribution in [0.2, 0.25) is 0 Å². The summed E-state index contributed by atoms with van der Waals surface area (Å²) in [6.07, 6.45) is 1.59. The van der Waals surface area contributed by atoms with Gasteiger partial charge in [0.25, 0.3) is 0 Å². The Kier molecular flexibility index (Phi) is 3.79. The number of amidine groups is 1. The molecule has 7 nitrogen and oxygen atoms in total. The van der Waals surface area contributed by atoms with E-state index < -0.39 is 10.0 Å². The van der Waals surface area contributed by atoms with Gasteiger partial charge in [0.15, 0.2) is 5.84 Å². The van der Waals surface area contributed by atoms with Crippen molar-refractivity contribution in [2.24, 2.45) is 10.9 Å². The van der Waals surface area contributed by atoms with Crippen LogP contribution in [0.1, 0.15) is 19.8 Å². The van der Waals surface area contributed by atoms with Crippen molar-refractivity contribution in [3.05, 3.63) is 0 Å². The van der Waals surface area contributed by atoms with Crippen molar-refractivity contribution < 1.29 is 13.6 Å². The summed E-state index contributed by atoms with van der Waals surface area (Å²) in [7, 11) is -3.07. The van der Waals surface area contributed by atoms with E-state index in [2.05, 4.69) is 5.16 Å². The SMILES string of the molecule is CC(C(N)=NO)N1CCN(S(=O)(=O)C2CC2)CC1. The summed E-state index contributed by atoms with van der Waals surface area (Å²) in [5, 5.41) is 11.5. The van der Waals surface area contributed by atoms with Crippen molar-refractivity contribution in [1.82, 2.24) is 9.21 Å². The highest BCUT2D eigenvalue weighted by atomic mass is 32.2. The lowest BCUT2D eigenvalue weighted by Gasteiger charge is -2.36. The van der Waals surface area contributed by atoms with Crippen LogP contribution in [0.25, 0.3) is 0 Å². The van der Waals surface area contributed by atoms with Gasteiger partial charge in [0, 0.05) is 26.2 Å². The number of hydrogen-bond acceptors (Lipinski definition) is 5. The quantitative estimate of drug-likeness (QED) is 0.304. The van der Waals surface area contributed by atoms with Crippen LogP contribution < -0.4 is 5.73 Å². The first-order valence-electron chi connectivity index (χ1n) is 6.17. The van der Waals surface area contributed by atoms with Gasteiger partial charge in [0.05, 0.1) is 11.3 Å². The molecule has 104 valence electrons. The van der Waals surface area contributed by atoms with Crippen LogP contribution in [0.4, 0.5) is 0 Å². The van der Waals surface area contributed by atoms with Gasteiger partial charge in [-0.25, -0.2) is 8.42 Å². The maximum Gasteiger partial charge on any atom is 0.217 e. The Bertz CT molecular complexity index is 424. The predicted octanol–water partition coefficient (Wildman–Crippen LogP) is -0.769. The van der Waals surface area contributed by atoms with Gasteiger partial charge in [0.2, 0.25) is 10.0 Å². The van der Waals surface area contributed by atoms with Gasteiger partial charge in [0.1, 0.15) is 0 Å². The molecule has 1 saturated carbocycles. The van der Waals surface area contributed by atoms with E-state index >= 15 is 0 Å². The number of piperazine rings is 1. The Morgan fingerprint density at radius 1 is 1.33 bits per heavy atom. The lowest BCUT2D eigenvalue weighted by atomic mass is 10.2. The summed E-state index contributed by atoms with van der Waals surface area (Å²) in [4.78, 5) is 2.02. The van der Waals surface area contributed by atoms with Crippen LogP contribution in [0, 0.1) is 0 Å². The molecule has 0 aromatic heterocycles. The first-order valence-corrected chi connectivity index (χ1v) is 7.67. The van der Waals surface area contributed by atoms with Gasteiger partial charge in [-0.2, -0.15) is 4.31 Å². The summed E-state index contributed by atoms with van der Waals surface area (Å²) in [6, 6.07) is -0.166. The van der Waals surface area contributed by atoms with Crippen LogP contribution in [-0.2, 0) is 10.0 Å². The molecule has 1 aliphatic carbocycles. The summed E-state index contributed by atoms with van der Waals surface area (Å²) in [5.74, 6) is 0.161. The third kappa shape index (κ3) is 2.60. The molecule has 2 fully saturated rings. The first kappa shape index (κ1) is 13.6. The highest BCUT2D eigenvalue weighted by molar-refractivity contribution is 7.90. The van der Waals surface area contributed by atoms with Gasteiger partial charge in [-0.05, 0) is 19.8 Å².